The number of carbonyl (C=O) groups is 1. The Kier molecular flexibility index (Phi) is 3.58. The van der Waals surface area contributed by atoms with Crippen LogP contribution in [0.4, 0.5) is 0 Å². The van der Waals surface area contributed by atoms with E-state index in [1.165, 1.54) is 0 Å². The predicted octanol–water partition coefficient (Wildman–Crippen LogP) is 1.72. The fourth-order valence-corrected chi connectivity index (χ4v) is 2.88. The summed E-state index contributed by atoms with van der Waals surface area (Å²) in [6, 6.07) is 9.58. The van der Waals surface area contributed by atoms with Crippen molar-refractivity contribution >= 4 is 5.97 Å². The monoisotopic (exact) mass is 325 g/mol. The van der Waals surface area contributed by atoms with Gasteiger partial charge in [0.25, 0.3) is 5.89 Å². The summed E-state index contributed by atoms with van der Waals surface area (Å²) in [4.78, 5) is 17.7. The van der Waals surface area contributed by atoms with Gasteiger partial charge in [0.15, 0.2) is 11.5 Å². The standard InChI is InChI=1S/C16H15N5O3/c22-16(23)14-11-8-21(7-6-12(11)18-19-14)9-13-17-15(24-20-13)10-4-2-1-3-5-10/h1-5H,6-9H2,(H,18,19)(H,22,23). The molecule has 0 saturated carbocycles. The van der Waals surface area contributed by atoms with Gasteiger partial charge in [-0.25, -0.2) is 4.79 Å². The van der Waals surface area contributed by atoms with Crippen LogP contribution < -0.4 is 0 Å². The molecule has 1 aliphatic heterocycles. The average Bonchev–Trinajstić information content (AvgIpc) is 3.22. The first kappa shape index (κ1) is 14.6. The van der Waals surface area contributed by atoms with Gasteiger partial charge in [0.2, 0.25) is 0 Å². The van der Waals surface area contributed by atoms with Crippen molar-refractivity contribution in [2.45, 2.75) is 19.5 Å². The molecule has 1 aromatic carbocycles. The molecule has 3 aromatic rings. The Morgan fingerprint density at radius 3 is 2.96 bits per heavy atom. The van der Waals surface area contributed by atoms with E-state index in [2.05, 4.69) is 25.2 Å². The minimum absolute atomic E-state index is 0.0905. The number of benzene rings is 1. The van der Waals surface area contributed by atoms with Crippen LogP contribution in [0.2, 0.25) is 0 Å². The predicted molar refractivity (Wildman–Crippen MR) is 83.1 cm³/mol. The molecule has 3 heterocycles. The van der Waals surface area contributed by atoms with Crippen LogP contribution in [-0.2, 0) is 19.5 Å². The van der Waals surface area contributed by atoms with Gasteiger partial charge in [-0.15, -0.1) is 0 Å². The van der Waals surface area contributed by atoms with E-state index in [1.54, 1.807) is 0 Å². The first-order valence-electron chi connectivity index (χ1n) is 7.60. The lowest BCUT2D eigenvalue weighted by Crippen LogP contribution is -2.31. The molecule has 0 amide bonds. The molecule has 8 nitrogen and oxygen atoms in total. The lowest BCUT2D eigenvalue weighted by atomic mass is 10.1. The van der Waals surface area contributed by atoms with Crippen molar-refractivity contribution in [2.24, 2.45) is 0 Å². The van der Waals surface area contributed by atoms with Gasteiger partial charge in [0.05, 0.1) is 6.54 Å². The van der Waals surface area contributed by atoms with Crippen LogP contribution in [0.25, 0.3) is 11.5 Å². The average molecular weight is 325 g/mol. The van der Waals surface area contributed by atoms with Crippen LogP contribution in [-0.4, -0.2) is 42.9 Å². The van der Waals surface area contributed by atoms with Crippen LogP contribution in [0.15, 0.2) is 34.9 Å². The van der Waals surface area contributed by atoms with Gasteiger partial charge in [-0.2, -0.15) is 10.1 Å². The maximum absolute atomic E-state index is 11.2. The second-order valence-electron chi connectivity index (χ2n) is 5.68. The molecule has 0 fully saturated rings. The first-order valence-corrected chi connectivity index (χ1v) is 7.60. The second-order valence-corrected chi connectivity index (χ2v) is 5.68. The Morgan fingerprint density at radius 2 is 2.17 bits per heavy atom. The molecule has 1 aliphatic rings. The number of hydrogen-bond donors (Lipinski definition) is 2. The topological polar surface area (TPSA) is 108 Å². The second kappa shape index (κ2) is 5.89. The molecule has 2 aromatic heterocycles. The molecular weight excluding hydrogens is 310 g/mol. The van der Waals surface area contributed by atoms with Gasteiger partial charge in [-0.1, -0.05) is 23.4 Å². The van der Waals surface area contributed by atoms with Crippen LogP contribution in [0.5, 0.6) is 0 Å². The van der Waals surface area contributed by atoms with E-state index < -0.39 is 5.97 Å². The number of nitrogens with zero attached hydrogens (tertiary/aromatic N) is 4. The molecule has 0 spiro atoms. The van der Waals surface area contributed by atoms with E-state index >= 15 is 0 Å². The highest BCUT2D eigenvalue weighted by Crippen LogP contribution is 2.22. The third-order valence-electron chi connectivity index (χ3n) is 4.07. The zero-order chi connectivity index (χ0) is 16.5. The number of aromatic amines is 1. The van der Waals surface area contributed by atoms with Crippen molar-refractivity contribution < 1.29 is 14.4 Å². The van der Waals surface area contributed by atoms with Crippen LogP contribution in [0.3, 0.4) is 0 Å². The van der Waals surface area contributed by atoms with Crippen LogP contribution >= 0.6 is 0 Å². The minimum Gasteiger partial charge on any atom is -0.476 e. The van der Waals surface area contributed by atoms with Crippen molar-refractivity contribution in [2.75, 3.05) is 6.54 Å². The Morgan fingerprint density at radius 1 is 1.33 bits per heavy atom. The van der Waals surface area contributed by atoms with Crippen molar-refractivity contribution in [3.05, 3.63) is 53.1 Å². The Hall–Kier alpha value is -3.00. The molecule has 4 rings (SSSR count). The van der Waals surface area contributed by atoms with Crippen LogP contribution in [0.1, 0.15) is 27.6 Å². The Bertz CT molecular complexity index is 871. The van der Waals surface area contributed by atoms with Crippen molar-refractivity contribution in [3.8, 4) is 11.5 Å². The van der Waals surface area contributed by atoms with Crippen molar-refractivity contribution in [1.82, 2.24) is 25.2 Å². The van der Waals surface area contributed by atoms with E-state index in [-0.39, 0.29) is 5.69 Å². The third kappa shape index (κ3) is 2.67. The number of carboxylic acid groups (broad SMARTS) is 1. The third-order valence-corrected chi connectivity index (χ3v) is 4.07. The SMILES string of the molecule is O=C(O)c1n[nH]c2c1CN(Cc1noc(-c3ccccc3)n1)CC2. The quantitative estimate of drug-likeness (QED) is 0.751. The summed E-state index contributed by atoms with van der Waals surface area (Å²) in [5.41, 5.74) is 2.59. The number of aromatic nitrogens is 4. The van der Waals surface area contributed by atoms with Gasteiger partial charge >= 0.3 is 5.97 Å². The molecule has 0 bridgehead atoms. The number of H-pyrrole nitrogens is 1. The van der Waals surface area contributed by atoms with Crippen LogP contribution in [0, 0.1) is 0 Å². The molecule has 2 N–H and O–H groups in total. The summed E-state index contributed by atoms with van der Waals surface area (Å²) in [5.74, 6) is 0.0517. The molecule has 0 aliphatic carbocycles. The molecule has 0 unspecified atom stereocenters. The highest BCUT2D eigenvalue weighted by Gasteiger charge is 2.26. The summed E-state index contributed by atoms with van der Waals surface area (Å²) < 4.78 is 5.31. The fourth-order valence-electron chi connectivity index (χ4n) is 2.88. The maximum atomic E-state index is 11.2. The zero-order valence-electron chi connectivity index (χ0n) is 12.8. The highest BCUT2D eigenvalue weighted by molar-refractivity contribution is 5.87. The number of rotatable bonds is 4. The number of hydrogen-bond acceptors (Lipinski definition) is 6. The molecule has 0 saturated heterocycles. The molecular formula is C16H15N5O3. The first-order chi connectivity index (χ1) is 11.7. The zero-order valence-corrected chi connectivity index (χ0v) is 12.8. The van der Waals surface area contributed by atoms with E-state index in [0.29, 0.717) is 24.8 Å². The Labute approximate surface area is 137 Å². The van der Waals surface area contributed by atoms with E-state index in [0.717, 1.165) is 29.8 Å². The van der Waals surface area contributed by atoms with E-state index in [4.69, 9.17) is 4.52 Å². The van der Waals surface area contributed by atoms with Gasteiger partial charge in [-0.3, -0.25) is 10.00 Å². The minimum atomic E-state index is -1.01. The lowest BCUT2D eigenvalue weighted by Gasteiger charge is -2.25. The van der Waals surface area contributed by atoms with E-state index in [1.807, 2.05) is 30.3 Å². The lowest BCUT2D eigenvalue weighted by molar-refractivity contribution is 0.0687. The number of aromatic carboxylic acids is 1. The van der Waals surface area contributed by atoms with Crippen molar-refractivity contribution in [3.63, 3.8) is 0 Å². The highest BCUT2D eigenvalue weighted by atomic mass is 16.5. The number of carboxylic acids is 1. The molecule has 122 valence electrons. The van der Waals surface area contributed by atoms with Gasteiger partial charge in [0.1, 0.15) is 0 Å². The normalized spacial score (nSPS) is 14.5. The van der Waals surface area contributed by atoms with Crippen molar-refractivity contribution in [1.29, 1.82) is 0 Å². The summed E-state index contributed by atoms with van der Waals surface area (Å²) >= 11 is 0. The summed E-state index contributed by atoms with van der Waals surface area (Å²) in [5, 5.41) is 19.9. The van der Waals surface area contributed by atoms with Gasteiger partial charge in [0, 0.05) is 36.3 Å². The van der Waals surface area contributed by atoms with Gasteiger partial charge < -0.3 is 9.63 Å². The largest absolute Gasteiger partial charge is 0.476 e. The summed E-state index contributed by atoms with van der Waals surface area (Å²) in [6.45, 7) is 1.78. The van der Waals surface area contributed by atoms with Gasteiger partial charge in [-0.05, 0) is 12.1 Å². The maximum Gasteiger partial charge on any atom is 0.356 e. The molecule has 8 heteroatoms. The molecule has 24 heavy (non-hydrogen) atoms. The summed E-state index contributed by atoms with van der Waals surface area (Å²) in [7, 11) is 0. The molecule has 0 radical (unpaired) electrons. The molecule has 0 atom stereocenters. The Balaban J connectivity index is 1.50. The number of fused-ring (bicyclic) bond motifs is 1. The smallest absolute Gasteiger partial charge is 0.356 e. The fraction of sp³-hybridized carbons (Fsp3) is 0.250. The summed E-state index contributed by atoms with van der Waals surface area (Å²) in [6.07, 6.45) is 0.721. The van der Waals surface area contributed by atoms with E-state index in [9.17, 15) is 9.90 Å². The number of nitrogens with one attached hydrogen (secondary N) is 1.